The fourth-order valence-corrected chi connectivity index (χ4v) is 6.95. The molecule has 4 rings (SSSR count). The lowest BCUT2D eigenvalue weighted by Crippen LogP contribution is -2.46. The van der Waals surface area contributed by atoms with Gasteiger partial charge in [-0.15, -0.1) is 0 Å². The normalized spacial score (nSPS) is 25.2. The number of nitrogens with zero attached hydrogens (tertiary/aromatic N) is 4. The smallest absolute Gasteiger partial charge is 0.214 e. The predicted molar refractivity (Wildman–Crippen MR) is 124 cm³/mol. The number of methoxy groups -OCH3 is 1. The first-order valence-corrected chi connectivity index (χ1v) is 13.2. The maximum Gasteiger partial charge on any atom is 0.214 e. The van der Waals surface area contributed by atoms with Crippen molar-refractivity contribution in [1.82, 2.24) is 19.3 Å². The third-order valence-electron chi connectivity index (χ3n) is 6.85. The Morgan fingerprint density at radius 1 is 1.19 bits per heavy atom. The molecule has 1 N–H and O–H groups in total. The molecular formula is C22H35N5O4S. The Morgan fingerprint density at radius 2 is 2.00 bits per heavy atom. The van der Waals surface area contributed by atoms with Gasteiger partial charge >= 0.3 is 0 Å². The molecule has 32 heavy (non-hydrogen) atoms. The van der Waals surface area contributed by atoms with E-state index in [2.05, 4.69) is 26.9 Å². The predicted octanol–water partition coefficient (Wildman–Crippen LogP) is 2.41. The van der Waals surface area contributed by atoms with Crippen LogP contribution in [0.25, 0.3) is 11.0 Å². The number of H-pyrrole nitrogens is 1. The van der Waals surface area contributed by atoms with E-state index < -0.39 is 10.0 Å². The van der Waals surface area contributed by atoms with Crippen LogP contribution in [0.3, 0.4) is 0 Å². The molecule has 3 heterocycles. The number of hydrogen-bond donors (Lipinski definition) is 1. The van der Waals surface area contributed by atoms with E-state index in [1.807, 2.05) is 12.3 Å². The minimum absolute atomic E-state index is 0.0313. The van der Waals surface area contributed by atoms with E-state index in [4.69, 9.17) is 9.47 Å². The van der Waals surface area contributed by atoms with E-state index in [0.29, 0.717) is 32.3 Å². The fourth-order valence-electron chi connectivity index (χ4n) is 5.01. The van der Waals surface area contributed by atoms with Crippen LogP contribution in [0.5, 0.6) is 0 Å². The number of piperidine rings is 1. The van der Waals surface area contributed by atoms with Gasteiger partial charge in [-0.05, 0) is 50.5 Å². The lowest BCUT2D eigenvalue weighted by molar-refractivity contribution is -0.00658. The van der Waals surface area contributed by atoms with E-state index in [1.165, 1.54) is 0 Å². The summed E-state index contributed by atoms with van der Waals surface area (Å²) in [5, 5.41) is 1.02. The third-order valence-corrected chi connectivity index (χ3v) is 8.86. The summed E-state index contributed by atoms with van der Waals surface area (Å²) in [6.45, 7) is 2.11. The highest BCUT2D eigenvalue weighted by atomic mass is 32.2. The van der Waals surface area contributed by atoms with Crippen molar-refractivity contribution in [3.63, 3.8) is 0 Å². The van der Waals surface area contributed by atoms with E-state index >= 15 is 0 Å². The van der Waals surface area contributed by atoms with Gasteiger partial charge in [-0.25, -0.2) is 18.4 Å². The SMILES string of the molecule is COCCOC1CCCN(S(=O)(=O)CC2CCC(N(C)c3ncnc4[nH]ccc34)CC2)C1. The molecule has 1 saturated heterocycles. The lowest BCUT2D eigenvalue weighted by Gasteiger charge is -2.37. The largest absolute Gasteiger partial charge is 0.382 e. The number of rotatable bonds is 9. The molecule has 2 aliphatic rings. The van der Waals surface area contributed by atoms with Crippen LogP contribution in [-0.4, -0.2) is 86.0 Å². The second-order valence-corrected chi connectivity index (χ2v) is 11.0. The minimum Gasteiger partial charge on any atom is -0.382 e. The molecule has 2 fully saturated rings. The molecule has 1 aliphatic carbocycles. The van der Waals surface area contributed by atoms with Crippen molar-refractivity contribution in [2.24, 2.45) is 5.92 Å². The molecule has 0 aromatic carbocycles. The molecule has 0 bridgehead atoms. The van der Waals surface area contributed by atoms with Gasteiger partial charge < -0.3 is 19.4 Å². The van der Waals surface area contributed by atoms with Crippen molar-refractivity contribution >= 4 is 26.9 Å². The van der Waals surface area contributed by atoms with Gasteiger partial charge in [-0.2, -0.15) is 4.31 Å². The average molecular weight is 466 g/mol. The van der Waals surface area contributed by atoms with Crippen molar-refractivity contribution < 1.29 is 17.9 Å². The highest BCUT2D eigenvalue weighted by molar-refractivity contribution is 7.89. The van der Waals surface area contributed by atoms with Crippen molar-refractivity contribution in [3.8, 4) is 0 Å². The highest BCUT2D eigenvalue weighted by Crippen LogP contribution is 2.32. The van der Waals surface area contributed by atoms with Gasteiger partial charge in [0, 0.05) is 39.5 Å². The second kappa shape index (κ2) is 10.5. The van der Waals surface area contributed by atoms with E-state index in [9.17, 15) is 8.42 Å². The maximum absolute atomic E-state index is 13.1. The molecule has 0 spiro atoms. The summed E-state index contributed by atoms with van der Waals surface area (Å²) in [6, 6.07) is 2.36. The van der Waals surface area contributed by atoms with Gasteiger partial charge in [-0.3, -0.25) is 0 Å². The topological polar surface area (TPSA) is 101 Å². The zero-order chi connectivity index (χ0) is 22.6. The number of fused-ring (bicyclic) bond motifs is 1. The molecular weight excluding hydrogens is 430 g/mol. The van der Waals surface area contributed by atoms with Crippen molar-refractivity contribution in [2.75, 3.05) is 51.1 Å². The molecule has 1 atom stereocenters. The van der Waals surface area contributed by atoms with E-state index in [0.717, 1.165) is 55.4 Å². The first kappa shape index (κ1) is 23.4. The lowest BCUT2D eigenvalue weighted by atomic mass is 9.86. The Labute approximate surface area is 190 Å². The van der Waals surface area contributed by atoms with Crippen LogP contribution in [-0.2, 0) is 19.5 Å². The fraction of sp³-hybridized carbons (Fsp3) is 0.727. The quantitative estimate of drug-likeness (QED) is 0.568. The van der Waals surface area contributed by atoms with Gasteiger partial charge in [0.25, 0.3) is 0 Å². The van der Waals surface area contributed by atoms with E-state index in [1.54, 1.807) is 17.7 Å². The Hall–Kier alpha value is -1.75. The zero-order valence-electron chi connectivity index (χ0n) is 19.1. The number of ether oxygens (including phenoxy) is 2. The Kier molecular flexibility index (Phi) is 7.65. The summed E-state index contributed by atoms with van der Waals surface area (Å²) < 4.78 is 38.7. The molecule has 1 unspecified atom stereocenters. The van der Waals surface area contributed by atoms with Gasteiger partial charge in [-0.1, -0.05) is 0 Å². The molecule has 1 aliphatic heterocycles. The summed E-state index contributed by atoms with van der Waals surface area (Å²) in [4.78, 5) is 14.1. The number of anilines is 1. The molecule has 0 amide bonds. The molecule has 10 heteroatoms. The second-order valence-electron chi connectivity index (χ2n) is 8.99. The molecule has 178 valence electrons. The van der Waals surface area contributed by atoms with Crippen LogP contribution >= 0.6 is 0 Å². The number of aromatic amines is 1. The number of nitrogens with one attached hydrogen (secondary N) is 1. The Morgan fingerprint density at radius 3 is 2.78 bits per heavy atom. The first-order valence-electron chi connectivity index (χ1n) is 11.6. The maximum atomic E-state index is 13.1. The first-order chi connectivity index (χ1) is 15.5. The van der Waals surface area contributed by atoms with Crippen LogP contribution < -0.4 is 4.90 Å². The molecule has 1 saturated carbocycles. The molecule has 0 radical (unpaired) electrons. The standard InChI is InChI=1S/C22H35N5O4S/c1-26(22-20-9-10-23-21(20)24-16-25-22)18-7-5-17(6-8-18)15-32(28,29)27-11-3-4-19(14-27)31-13-12-30-2/h9-10,16-19H,3-8,11-15H2,1-2H3,(H,23,24,25). The van der Waals surface area contributed by atoms with Crippen LogP contribution in [0.1, 0.15) is 38.5 Å². The van der Waals surface area contributed by atoms with Gasteiger partial charge in [0.15, 0.2) is 0 Å². The third kappa shape index (κ3) is 5.41. The zero-order valence-corrected chi connectivity index (χ0v) is 19.9. The summed E-state index contributed by atoms with van der Waals surface area (Å²) in [5.41, 5.74) is 0.840. The van der Waals surface area contributed by atoms with Crippen molar-refractivity contribution in [2.45, 2.75) is 50.7 Å². The van der Waals surface area contributed by atoms with E-state index in [-0.39, 0.29) is 17.8 Å². The van der Waals surface area contributed by atoms with Crippen LogP contribution in [0.15, 0.2) is 18.6 Å². The molecule has 2 aromatic rings. The summed E-state index contributed by atoms with van der Waals surface area (Å²) in [7, 11) is 0.444. The number of hydrogen-bond acceptors (Lipinski definition) is 7. The van der Waals surface area contributed by atoms with Crippen molar-refractivity contribution in [1.29, 1.82) is 0 Å². The number of aromatic nitrogens is 3. The average Bonchev–Trinajstić information content (AvgIpc) is 3.28. The summed E-state index contributed by atoms with van der Waals surface area (Å²) in [5.74, 6) is 1.38. The molecule has 9 nitrogen and oxygen atoms in total. The van der Waals surface area contributed by atoms with Crippen LogP contribution in [0.2, 0.25) is 0 Å². The summed E-state index contributed by atoms with van der Waals surface area (Å²) >= 11 is 0. The van der Waals surface area contributed by atoms with Gasteiger partial charge in [0.1, 0.15) is 17.8 Å². The van der Waals surface area contributed by atoms with Gasteiger partial charge in [0.2, 0.25) is 10.0 Å². The number of sulfonamides is 1. The van der Waals surface area contributed by atoms with Crippen LogP contribution in [0, 0.1) is 5.92 Å². The minimum atomic E-state index is -3.27. The highest BCUT2D eigenvalue weighted by Gasteiger charge is 2.33. The summed E-state index contributed by atoms with van der Waals surface area (Å²) in [6.07, 6.45) is 8.96. The Bertz CT molecular complexity index is 974. The van der Waals surface area contributed by atoms with Crippen molar-refractivity contribution in [3.05, 3.63) is 18.6 Å². The molecule has 2 aromatic heterocycles. The monoisotopic (exact) mass is 465 g/mol. The Balaban J connectivity index is 1.30. The van der Waals surface area contributed by atoms with Crippen LogP contribution in [0.4, 0.5) is 5.82 Å². The van der Waals surface area contributed by atoms with Gasteiger partial charge in [0.05, 0.1) is 30.5 Å².